The number of pyridine rings is 1. The maximum atomic E-state index is 15.8. The number of carbonyl (C=O) groups is 1. The van der Waals surface area contributed by atoms with Crippen molar-refractivity contribution in [3.05, 3.63) is 92.0 Å². The number of hydrogen-bond acceptors (Lipinski definition) is 8. The molecule has 0 aliphatic heterocycles. The molecular formula is C45H42ClF10N7O5S2. The molecule has 12 nitrogen and oxygen atoms in total. The van der Waals surface area contributed by atoms with Crippen molar-refractivity contribution in [1.29, 1.82) is 0 Å². The number of anilines is 1. The van der Waals surface area contributed by atoms with E-state index in [0.29, 0.717) is 41.1 Å². The van der Waals surface area contributed by atoms with Gasteiger partial charge in [-0.1, -0.05) is 37.4 Å². The zero-order valence-electron chi connectivity index (χ0n) is 37.6. The van der Waals surface area contributed by atoms with Crippen molar-refractivity contribution in [2.45, 2.75) is 120 Å². The first-order valence-corrected chi connectivity index (χ1v) is 25.5. The summed E-state index contributed by atoms with van der Waals surface area (Å²) in [6.07, 6.45) is -8.58. The van der Waals surface area contributed by atoms with Crippen molar-refractivity contribution in [3.63, 3.8) is 0 Å². The summed E-state index contributed by atoms with van der Waals surface area (Å²) in [5.41, 5.74) is -3.97. The van der Waals surface area contributed by atoms with E-state index in [0.717, 1.165) is 25.3 Å². The number of halogens is 11. The van der Waals surface area contributed by atoms with Gasteiger partial charge in [-0.3, -0.25) is 18.9 Å². The summed E-state index contributed by atoms with van der Waals surface area (Å²) in [6.45, 7) is 1.91. The fourth-order valence-corrected chi connectivity index (χ4v) is 11.9. The van der Waals surface area contributed by atoms with E-state index in [2.05, 4.69) is 32.1 Å². The summed E-state index contributed by atoms with van der Waals surface area (Å²) in [4.78, 5) is 19.2. The highest BCUT2D eigenvalue weighted by Gasteiger charge is 2.57. The summed E-state index contributed by atoms with van der Waals surface area (Å²) in [5, 5.41) is 8.73. The Hall–Kier alpha value is -5.41. The van der Waals surface area contributed by atoms with Gasteiger partial charge >= 0.3 is 12.4 Å². The summed E-state index contributed by atoms with van der Waals surface area (Å²) in [5.74, 6) is -5.31. The van der Waals surface area contributed by atoms with E-state index in [9.17, 15) is 56.8 Å². The second-order valence-corrected chi connectivity index (χ2v) is 23.4. The van der Waals surface area contributed by atoms with Gasteiger partial charge in [0, 0.05) is 28.7 Å². The van der Waals surface area contributed by atoms with Crippen LogP contribution in [-0.2, 0) is 69.1 Å². The second kappa shape index (κ2) is 17.4. The number of fused-ring (bicyclic) bond motifs is 3. The smallest absolute Gasteiger partial charge is 0.346 e. The maximum Gasteiger partial charge on any atom is 0.435 e. The van der Waals surface area contributed by atoms with Crippen LogP contribution < -0.4 is 10.0 Å². The lowest BCUT2D eigenvalue weighted by Crippen LogP contribution is -2.35. The van der Waals surface area contributed by atoms with Gasteiger partial charge in [0.25, 0.3) is 5.92 Å². The molecule has 2 N–H and O–H groups in total. The summed E-state index contributed by atoms with van der Waals surface area (Å²) in [6, 6.07) is 3.10. The standard InChI is InChI=1S/C45H42ClF10N7O5S2/c1-21-22(2)44(52,53)40-34(21)39(45(54,55)56)59-62(40)19-33(64)57-32(17-23-15-24(47)18-25(48)16-23)37-35(28-8-6-7-27(28)31(58-37)13-14-42(3,4)70(67,68)26-9-10-26)29-11-12-30(46)36-38(29)63(20-43(49,50)51)60-41(36)61-69(5,65)66/h11-12,15-16,18,21-22,26,32H,6-10,17,19-20H2,1-5H3,(H,57,64)(H,60,61)/t21-,22+,32-/m0/s1. The minimum Gasteiger partial charge on any atom is -0.346 e. The molecule has 3 heterocycles. The number of aromatic nitrogens is 5. The van der Waals surface area contributed by atoms with Gasteiger partial charge in [-0.2, -0.15) is 45.3 Å². The SMILES string of the molecule is C[C@@H]1c2c(C(F)(F)F)nn(CC(=O)N[C@@H](Cc3cc(F)cc(F)c3)c3nc(C#CC(C)(C)S(=O)(=O)C4CC4)c4c(c3-c3ccc(Cl)c5c(NS(C)(=O)=O)nn(CC(F)(F)F)c35)CCC4)c2C(F)(F)[C@@H]1C. The number of nitrogens with one attached hydrogen (secondary N) is 2. The molecule has 8 rings (SSSR count). The Bertz CT molecular complexity index is 3260. The van der Waals surface area contributed by atoms with Gasteiger partial charge in [0.2, 0.25) is 15.9 Å². The van der Waals surface area contributed by atoms with Gasteiger partial charge in [0.15, 0.2) is 21.3 Å². The van der Waals surface area contributed by atoms with Gasteiger partial charge in [-0.05, 0) is 99.1 Å². The summed E-state index contributed by atoms with van der Waals surface area (Å²) < 4.78 is 201. The number of rotatable bonds is 12. The molecule has 3 aromatic heterocycles. The minimum absolute atomic E-state index is 0.0329. The Balaban J connectivity index is 1.40. The van der Waals surface area contributed by atoms with Crippen LogP contribution in [0.4, 0.5) is 49.7 Å². The van der Waals surface area contributed by atoms with E-state index in [-0.39, 0.29) is 56.0 Å². The average Bonchev–Trinajstić information content (AvgIpc) is 3.63. The van der Waals surface area contributed by atoms with Crippen LogP contribution >= 0.6 is 11.6 Å². The van der Waals surface area contributed by atoms with E-state index in [1.807, 2.05) is 0 Å². The molecule has 3 aliphatic rings. The quantitative estimate of drug-likeness (QED) is 0.0925. The molecule has 0 radical (unpaired) electrons. The average molecular weight is 1050 g/mol. The van der Waals surface area contributed by atoms with E-state index < -0.39 is 131 Å². The highest BCUT2D eigenvalue weighted by molar-refractivity contribution is 7.93. The van der Waals surface area contributed by atoms with Crippen LogP contribution in [0, 0.1) is 29.4 Å². The third-order valence-electron chi connectivity index (χ3n) is 12.8. The third-order valence-corrected chi connectivity index (χ3v) is 16.6. The molecule has 0 bridgehead atoms. The number of sulfonamides is 1. The third kappa shape index (κ3) is 9.56. The molecule has 3 aliphatic carbocycles. The molecule has 0 unspecified atom stereocenters. The first kappa shape index (κ1) is 51.0. The van der Waals surface area contributed by atoms with Crippen LogP contribution in [0.15, 0.2) is 30.3 Å². The maximum absolute atomic E-state index is 15.8. The van der Waals surface area contributed by atoms with Gasteiger partial charge in [-0.25, -0.2) is 30.6 Å². The molecule has 25 heteroatoms. The summed E-state index contributed by atoms with van der Waals surface area (Å²) in [7, 11) is -8.06. The molecule has 1 fully saturated rings. The molecule has 0 spiro atoms. The minimum atomic E-state index is -5.23. The molecule has 70 heavy (non-hydrogen) atoms. The molecule has 1 saturated carbocycles. The number of alkyl halides is 8. The van der Waals surface area contributed by atoms with E-state index >= 15 is 8.78 Å². The topological polar surface area (TPSA) is 158 Å². The first-order chi connectivity index (χ1) is 32.3. The van der Waals surface area contributed by atoms with Crippen LogP contribution in [0.25, 0.3) is 22.0 Å². The normalized spacial score (nSPS) is 18.6. The second-order valence-electron chi connectivity index (χ2n) is 18.4. The highest BCUT2D eigenvalue weighted by Crippen LogP contribution is 2.55. The number of sulfone groups is 1. The first-order valence-electron chi connectivity index (χ1n) is 21.7. The van der Waals surface area contributed by atoms with Crippen LogP contribution in [0.2, 0.25) is 5.02 Å². The Kier molecular flexibility index (Phi) is 12.7. The van der Waals surface area contributed by atoms with Crippen LogP contribution in [-0.4, -0.2) is 69.7 Å². The van der Waals surface area contributed by atoms with Gasteiger partial charge in [-0.15, -0.1) is 0 Å². The zero-order valence-corrected chi connectivity index (χ0v) is 40.0. The van der Waals surface area contributed by atoms with Crippen molar-refractivity contribution >= 4 is 54.1 Å². The lowest BCUT2D eigenvalue weighted by molar-refractivity contribution is -0.143. The van der Waals surface area contributed by atoms with Gasteiger partial charge in [0.1, 0.15) is 40.9 Å². The lowest BCUT2D eigenvalue weighted by Gasteiger charge is -2.26. The molecule has 0 saturated heterocycles. The van der Waals surface area contributed by atoms with Crippen molar-refractivity contribution in [2.24, 2.45) is 5.92 Å². The predicted molar refractivity (Wildman–Crippen MR) is 237 cm³/mol. The van der Waals surface area contributed by atoms with Crippen LogP contribution in [0.5, 0.6) is 0 Å². The molecule has 2 aromatic carbocycles. The van der Waals surface area contributed by atoms with Crippen LogP contribution in [0.1, 0.15) is 104 Å². The monoisotopic (exact) mass is 1050 g/mol. The van der Waals surface area contributed by atoms with Crippen molar-refractivity contribution in [3.8, 4) is 23.0 Å². The zero-order chi connectivity index (χ0) is 51.4. The Morgan fingerprint density at radius 1 is 0.957 bits per heavy atom. The number of benzene rings is 2. The van der Waals surface area contributed by atoms with Crippen molar-refractivity contribution in [2.75, 3.05) is 11.0 Å². The predicted octanol–water partition coefficient (Wildman–Crippen LogP) is 9.32. The Morgan fingerprint density at radius 3 is 2.20 bits per heavy atom. The highest BCUT2D eigenvalue weighted by atomic mass is 35.5. The van der Waals surface area contributed by atoms with E-state index in [4.69, 9.17) is 16.6 Å². The largest absolute Gasteiger partial charge is 0.435 e. The van der Waals surface area contributed by atoms with E-state index in [1.54, 1.807) is 0 Å². The number of amides is 1. The molecule has 5 aromatic rings. The molecule has 376 valence electrons. The molecular weight excluding hydrogens is 1010 g/mol. The summed E-state index contributed by atoms with van der Waals surface area (Å²) >= 11 is 6.61. The fourth-order valence-electron chi connectivity index (χ4n) is 9.34. The molecule has 1 amide bonds. The Morgan fingerprint density at radius 2 is 1.60 bits per heavy atom. The number of carbonyl (C=O) groups excluding carboxylic acids is 1. The van der Waals surface area contributed by atoms with Crippen molar-refractivity contribution < 1.29 is 65.5 Å². The molecule has 3 atom stereocenters. The van der Waals surface area contributed by atoms with Gasteiger partial charge < -0.3 is 5.32 Å². The lowest BCUT2D eigenvalue weighted by atomic mass is 9.88. The number of hydrogen-bond donors (Lipinski definition) is 2. The van der Waals surface area contributed by atoms with E-state index in [1.165, 1.54) is 32.9 Å². The number of nitrogens with zero attached hydrogens (tertiary/aromatic N) is 5. The van der Waals surface area contributed by atoms with Crippen molar-refractivity contribution in [1.82, 2.24) is 29.9 Å². The van der Waals surface area contributed by atoms with Crippen LogP contribution in [0.3, 0.4) is 0 Å². The van der Waals surface area contributed by atoms with Gasteiger partial charge in [0.05, 0.1) is 39.2 Å². The Labute approximate surface area is 399 Å². The fraction of sp³-hybridized carbons (Fsp3) is 0.467.